The summed E-state index contributed by atoms with van der Waals surface area (Å²) in [6.07, 6.45) is 13.4. The summed E-state index contributed by atoms with van der Waals surface area (Å²) in [5.41, 5.74) is 1.27. The molecule has 1 fully saturated rings. The van der Waals surface area contributed by atoms with Gasteiger partial charge >= 0.3 is 0 Å². The highest BCUT2D eigenvalue weighted by Gasteiger charge is 2.08. The Bertz CT molecular complexity index is 347. The quantitative estimate of drug-likeness (QED) is 0.676. The van der Waals surface area contributed by atoms with Crippen LogP contribution in [0.2, 0.25) is 0 Å². The van der Waals surface area contributed by atoms with Crippen LogP contribution in [0.5, 0.6) is 0 Å². The van der Waals surface area contributed by atoms with Crippen LogP contribution in [0.25, 0.3) is 0 Å². The Morgan fingerprint density at radius 1 is 1.00 bits per heavy atom. The Morgan fingerprint density at radius 2 is 1.70 bits per heavy atom. The molecular formula is C17H29N3. The average molecular weight is 275 g/mol. The minimum atomic E-state index is 1.15. The molecule has 2 heterocycles. The molecule has 20 heavy (non-hydrogen) atoms. The molecule has 1 saturated heterocycles. The number of aromatic nitrogens is 1. The fraction of sp³-hybridized carbons (Fsp3) is 0.706. The van der Waals surface area contributed by atoms with Crippen molar-refractivity contribution in [3.05, 3.63) is 24.5 Å². The van der Waals surface area contributed by atoms with Gasteiger partial charge in [0.2, 0.25) is 0 Å². The van der Waals surface area contributed by atoms with Crippen LogP contribution in [0.3, 0.4) is 0 Å². The van der Waals surface area contributed by atoms with E-state index in [0.29, 0.717) is 0 Å². The van der Waals surface area contributed by atoms with E-state index in [-0.39, 0.29) is 0 Å². The molecule has 1 aromatic rings. The molecule has 0 radical (unpaired) electrons. The van der Waals surface area contributed by atoms with E-state index in [4.69, 9.17) is 0 Å². The highest BCUT2D eigenvalue weighted by Crippen LogP contribution is 2.13. The first-order chi connectivity index (χ1) is 9.86. The second kappa shape index (κ2) is 8.96. The summed E-state index contributed by atoms with van der Waals surface area (Å²) in [7, 11) is 2.17. The molecule has 112 valence electrons. The number of pyridine rings is 1. The number of likely N-dealkylation sites (tertiary alicyclic amines) is 1. The van der Waals surface area contributed by atoms with Crippen molar-refractivity contribution in [1.82, 2.24) is 9.88 Å². The van der Waals surface area contributed by atoms with E-state index < -0.39 is 0 Å². The summed E-state index contributed by atoms with van der Waals surface area (Å²) < 4.78 is 0. The monoisotopic (exact) mass is 275 g/mol. The summed E-state index contributed by atoms with van der Waals surface area (Å²) in [6, 6.07) is 4.16. The molecule has 1 aromatic heterocycles. The van der Waals surface area contributed by atoms with Gasteiger partial charge in [-0.25, -0.2) is 0 Å². The predicted octanol–water partition coefficient (Wildman–Crippen LogP) is 3.56. The Hall–Kier alpha value is -1.09. The molecule has 1 aliphatic rings. The maximum absolute atomic E-state index is 4.06. The molecule has 0 bridgehead atoms. The highest BCUT2D eigenvalue weighted by atomic mass is 15.1. The Labute approximate surface area is 124 Å². The van der Waals surface area contributed by atoms with Crippen LogP contribution in [0, 0.1) is 0 Å². The van der Waals surface area contributed by atoms with E-state index in [2.05, 4.69) is 34.0 Å². The van der Waals surface area contributed by atoms with E-state index in [1.165, 1.54) is 70.3 Å². The molecule has 0 unspecified atom stereocenters. The first-order valence-corrected chi connectivity index (χ1v) is 8.20. The van der Waals surface area contributed by atoms with E-state index in [1.807, 2.05) is 12.4 Å². The summed E-state index contributed by atoms with van der Waals surface area (Å²) in [6.45, 7) is 5.14. The number of piperidine rings is 1. The Kier molecular flexibility index (Phi) is 6.85. The number of unbranched alkanes of at least 4 members (excludes halogenated alkanes) is 3. The summed E-state index contributed by atoms with van der Waals surface area (Å²) in [5, 5.41) is 0. The second-order valence-electron chi connectivity index (χ2n) is 5.94. The van der Waals surface area contributed by atoms with Gasteiger partial charge in [0.1, 0.15) is 0 Å². The number of anilines is 1. The lowest BCUT2D eigenvalue weighted by atomic mass is 10.1. The topological polar surface area (TPSA) is 19.4 Å². The molecule has 0 N–H and O–H groups in total. The second-order valence-corrected chi connectivity index (χ2v) is 5.94. The van der Waals surface area contributed by atoms with E-state index in [9.17, 15) is 0 Å². The molecule has 3 heteroatoms. The van der Waals surface area contributed by atoms with E-state index >= 15 is 0 Å². The van der Waals surface area contributed by atoms with Gasteiger partial charge < -0.3 is 9.80 Å². The van der Waals surface area contributed by atoms with Gasteiger partial charge in [-0.3, -0.25) is 4.98 Å². The van der Waals surface area contributed by atoms with E-state index in [1.54, 1.807) is 0 Å². The van der Waals surface area contributed by atoms with Gasteiger partial charge in [-0.15, -0.1) is 0 Å². The zero-order valence-electron chi connectivity index (χ0n) is 12.9. The zero-order chi connectivity index (χ0) is 14.0. The molecule has 0 spiro atoms. The third-order valence-electron chi connectivity index (χ3n) is 4.27. The predicted molar refractivity (Wildman–Crippen MR) is 86.3 cm³/mol. The van der Waals surface area contributed by atoms with Crippen molar-refractivity contribution in [2.24, 2.45) is 0 Å². The lowest BCUT2D eigenvalue weighted by Crippen LogP contribution is -2.30. The fourth-order valence-corrected chi connectivity index (χ4v) is 2.95. The number of rotatable bonds is 8. The first kappa shape index (κ1) is 15.3. The van der Waals surface area contributed by atoms with Crippen molar-refractivity contribution in [3.63, 3.8) is 0 Å². The van der Waals surface area contributed by atoms with Crippen LogP contribution in [0.15, 0.2) is 24.5 Å². The molecule has 3 nitrogen and oxygen atoms in total. The normalized spacial score (nSPS) is 16.2. The van der Waals surface area contributed by atoms with Crippen LogP contribution in [-0.4, -0.2) is 43.1 Å². The van der Waals surface area contributed by atoms with Crippen molar-refractivity contribution in [3.8, 4) is 0 Å². The van der Waals surface area contributed by atoms with Gasteiger partial charge in [0.05, 0.1) is 0 Å². The zero-order valence-corrected chi connectivity index (χ0v) is 12.9. The standard InChI is InChI=1S/C17H29N3/c1-19(17-9-11-18-12-10-17)13-5-2-3-6-14-20-15-7-4-8-16-20/h9-12H,2-8,13-16H2,1H3. The number of hydrogen-bond acceptors (Lipinski definition) is 3. The molecule has 0 amide bonds. The summed E-state index contributed by atoms with van der Waals surface area (Å²) in [4.78, 5) is 9.03. The van der Waals surface area contributed by atoms with E-state index in [0.717, 1.165) is 6.54 Å². The van der Waals surface area contributed by atoms with Crippen LogP contribution in [-0.2, 0) is 0 Å². The molecule has 0 saturated carbocycles. The highest BCUT2D eigenvalue weighted by molar-refractivity contribution is 5.43. The molecule has 0 atom stereocenters. The largest absolute Gasteiger partial charge is 0.375 e. The van der Waals surface area contributed by atoms with Gasteiger partial charge in [0.25, 0.3) is 0 Å². The molecule has 2 rings (SSSR count). The average Bonchev–Trinajstić information content (AvgIpc) is 2.52. The maximum Gasteiger partial charge on any atom is 0.0394 e. The van der Waals surface area contributed by atoms with Gasteiger partial charge in [-0.2, -0.15) is 0 Å². The van der Waals surface area contributed by atoms with Crippen molar-refractivity contribution in [2.75, 3.05) is 38.1 Å². The maximum atomic E-state index is 4.06. The van der Waals surface area contributed by atoms with Crippen LogP contribution >= 0.6 is 0 Å². The van der Waals surface area contributed by atoms with Crippen molar-refractivity contribution in [1.29, 1.82) is 0 Å². The molecule has 1 aliphatic heterocycles. The third kappa shape index (κ3) is 5.49. The van der Waals surface area contributed by atoms with Gasteiger partial charge in [0.15, 0.2) is 0 Å². The SMILES string of the molecule is CN(CCCCCCN1CCCCC1)c1ccncc1. The van der Waals surface area contributed by atoms with Crippen LogP contribution in [0.1, 0.15) is 44.9 Å². The first-order valence-electron chi connectivity index (χ1n) is 8.20. The minimum absolute atomic E-state index is 1.15. The lowest BCUT2D eigenvalue weighted by Gasteiger charge is -2.26. The number of hydrogen-bond donors (Lipinski definition) is 0. The lowest BCUT2D eigenvalue weighted by molar-refractivity contribution is 0.224. The number of nitrogens with zero attached hydrogens (tertiary/aromatic N) is 3. The van der Waals surface area contributed by atoms with Crippen LogP contribution < -0.4 is 4.90 Å². The minimum Gasteiger partial charge on any atom is -0.375 e. The molecule has 0 aliphatic carbocycles. The smallest absolute Gasteiger partial charge is 0.0394 e. The van der Waals surface area contributed by atoms with Gasteiger partial charge in [0, 0.05) is 31.7 Å². The third-order valence-corrected chi connectivity index (χ3v) is 4.27. The molecular weight excluding hydrogens is 246 g/mol. The van der Waals surface area contributed by atoms with Crippen molar-refractivity contribution >= 4 is 5.69 Å². The summed E-state index contributed by atoms with van der Waals surface area (Å²) >= 11 is 0. The van der Waals surface area contributed by atoms with Crippen molar-refractivity contribution < 1.29 is 0 Å². The summed E-state index contributed by atoms with van der Waals surface area (Å²) in [5.74, 6) is 0. The fourth-order valence-electron chi connectivity index (χ4n) is 2.95. The molecule has 0 aromatic carbocycles. The van der Waals surface area contributed by atoms with Crippen LogP contribution in [0.4, 0.5) is 5.69 Å². The van der Waals surface area contributed by atoms with Gasteiger partial charge in [-0.1, -0.05) is 19.3 Å². The van der Waals surface area contributed by atoms with Crippen molar-refractivity contribution in [2.45, 2.75) is 44.9 Å². The Balaban J connectivity index is 1.49. The Morgan fingerprint density at radius 3 is 2.45 bits per heavy atom. The van der Waals surface area contributed by atoms with Gasteiger partial charge in [-0.05, 0) is 57.5 Å².